The van der Waals surface area contributed by atoms with Gasteiger partial charge in [-0.3, -0.25) is 4.79 Å². The van der Waals surface area contributed by atoms with Gasteiger partial charge in [0, 0.05) is 18.2 Å². The fourth-order valence-corrected chi connectivity index (χ4v) is 1.72. The van der Waals surface area contributed by atoms with E-state index in [9.17, 15) is 4.79 Å². The van der Waals surface area contributed by atoms with Crippen molar-refractivity contribution in [2.24, 2.45) is 0 Å². The monoisotopic (exact) mass is 167 g/mol. The van der Waals surface area contributed by atoms with Crippen molar-refractivity contribution in [3.05, 3.63) is 11.8 Å². The van der Waals surface area contributed by atoms with Crippen molar-refractivity contribution in [1.29, 1.82) is 0 Å². The Morgan fingerprint density at radius 2 is 2.08 bits per heavy atom. The minimum Gasteiger partial charge on any atom is -0.314 e. The molecule has 2 nitrogen and oxygen atoms in total. The largest absolute Gasteiger partial charge is 0.314 e. The first-order valence-electron chi connectivity index (χ1n) is 4.64. The molecule has 0 bridgehead atoms. The topological polar surface area (TPSA) is 20.3 Å². The number of hydrogen-bond donors (Lipinski definition) is 0. The molecule has 12 heavy (non-hydrogen) atoms. The van der Waals surface area contributed by atoms with Gasteiger partial charge in [-0.15, -0.1) is 0 Å². The van der Waals surface area contributed by atoms with Crippen LogP contribution in [0.25, 0.3) is 0 Å². The second-order valence-corrected chi connectivity index (χ2v) is 3.49. The molecule has 0 radical (unpaired) electrons. The predicted octanol–water partition coefficient (Wildman–Crippen LogP) is 2.31. The third kappa shape index (κ3) is 1.68. The number of likely N-dealkylation sites (tertiary alicyclic amines) is 1. The maximum atomic E-state index is 11.5. The third-order valence-corrected chi connectivity index (χ3v) is 2.25. The highest BCUT2D eigenvalue weighted by molar-refractivity contribution is 5.79. The van der Waals surface area contributed by atoms with Gasteiger partial charge in [-0.05, 0) is 33.6 Å². The lowest BCUT2D eigenvalue weighted by Crippen LogP contribution is -2.38. The molecule has 1 rings (SSSR count). The first-order chi connectivity index (χ1) is 5.66. The number of nitrogens with zero attached hydrogens (tertiary/aromatic N) is 1. The summed E-state index contributed by atoms with van der Waals surface area (Å²) in [6.45, 7) is 6.13. The van der Waals surface area contributed by atoms with E-state index in [4.69, 9.17) is 0 Å². The molecule has 68 valence electrons. The predicted molar refractivity (Wildman–Crippen MR) is 49.6 cm³/mol. The molecule has 0 spiro atoms. The van der Waals surface area contributed by atoms with E-state index < -0.39 is 0 Å². The molecule has 1 fully saturated rings. The maximum absolute atomic E-state index is 11.5. The van der Waals surface area contributed by atoms with Crippen molar-refractivity contribution < 1.29 is 4.79 Å². The minimum atomic E-state index is 0.282. The lowest BCUT2D eigenvalue weighted by molar-refractivity contribution is -0.132. The van der Waals surface area contributed by atoms with Crippen LogP contribution in [0.4, 0.5) is 0 Å². The van der Waals surface area contributed by atoms with Gasteiger partial charge >= 0.3 is 0 Å². The Labute approximate surface area is 74.2 Å². The summed E-state index contributed by atoms with van der Waals surface area (Å²) in [4.78, 5) is 13.4. The number of piperidine rings is 1. The molecule has 1 heterocycles. The van der Waals surface area contributed by atoms with E-state index in [0.717, 1.165) is 19.3 Å². The van der Waals surface area contributed by atoms with Gasteiger partial charge in [0.25, 0.3) is 0 Å². The molecule has 1 aliphatic rings. The second-order valence-electron chi connectivity index (χ2n) is 3.49. The van der Waals surface area contributed by atoms with Crippen LogP contribution < -0.4 is 0 Å². The highest BCUT2D eigenvalue weighted by atomic mass is 16.2. The molecule has 2 heteroatoms. The van der Waals surface area contributed by atoms with Crippen LogP contribution in [0.2, 0.25) is 0 Å². The van der Waals surface area contributed by atoms with Crippen molar-refractivity contribution in [1.82, 2.24) is 4.90 Å². The molecular weight excluding hydrogens is 150 g/mol. The Morgan fingerprint density at radius 1 is 1.42 bits per heavy atom. The first kappa shape index (κ1) is 9.30. The van der Waals surface area contributed by atoms with Crippen LogP contribution in [0.1, 0.15) is 40.0 Å². The van der Waals surface area contributed by atoms with Crippen LogP contribution in [0.3, 0.4) is 0 Å². The van der Waals surface area contributed by atoms with Gasteiger partial charge in [0.15, 0.2) is 0 Å². The number of carbonyl (C=O) groups excluding carboxylic acids is 1. The highest BCUT2D eigenvalue weighted by Crippen LogP contribution is 2.23. The Hall–Kier alpha value is -0.790. The molecule has 0 atom stereocenters. The molecule has 0 aliphatic carbocycles. The number of allylic oxidation sites excluding steroid dienone is 2. The van der Waals surface area contributed by atoms with Crippen molar-refractivity contribution in [2.45, 2.75) is 46.1 Å². The lowest BCUT2D eigenvalue weighted by Gasteiger charge is -2.33. The van der Waals surface area contributed by atoms with Crippen LogP contribution in [-0.4, -0.2) is 16.8 Å². The summed E-state index contributed by atoms with van der Waals surface area (Å²) in [5, 5.41) is 0. The molecule has 1 amide bonds. The number of rotatable bonds is 1. The van der Waals surface area contributed by atoms with E-state index in [1.165, 1.54) is 5.70 Å². The van der Waals surface area contributed by atoms with Crippen molar-refractivity contribution in [3.63, 3.8) is 0 Å². The molecule has 0 aromatic rings. The standard InChI is InChI=1S/C10H17NO/c1-4-9-6-5-7-10(12)11(9)8(2)3/h4,8H,5-7H2,1-3H3/b9-4+. The van der Waals surface area contributed by atoms with Crippen LogP contribution in [0, 0.1) is 0 Å². The summed E-state index contributed by atoms with van der Waals surface area (Å²) in [5.41, 5.74) is 1.20. The Kier molecular flexibility index (Phi) is 2.90. The van der Waals surface area contributed by atoms with E-state index in [1.807, 2.05) is 11.8 Å². The molecule has 0 saturated carbocycles. The molecule has 0 unspecified atom stereocenters. The Morgan fingerprint density at radius 3 is 2.50 bits per heavy atom. The van der Waals surface area contributed by atoms with Crippen molar-refractivity contribution in [2.75, 3.05) is 0 Å². The average molecular weight is 167 g/mol. The summed E-state index contributed by atoms with van der Waals surface area (Å²) in [5.74, 6) is 0.282. The van der Waals surface area contributed by atoms with Gasteiger partial charge < -0.3 is 4.90 Å². The smallest absolute Gasteiger partial charge is 0.226 e. The van der Waals surface area contributed by atoms with Gasteiger partial charge in [0.05, 0.1) is 0 Å². The highest BCUT2D eigenvalue weighted by Gasteiger charge is 2.23. The quantitative estimate of drug-likeness (QED) is 0.587. The fraction of sp³-hybridized carbons (Fsp3) is 0.700. The summed E-state index contributed by atoms with van der Waals surface area (Å²) >= 11 is 0. The Bertz CT molecular complexity index is 206. The molecule has 0 N–H and O–H groups in total. The van der Waals surface area contributed by atoms with Gasteiger partial charge in [-0.2, -0.15) is 0 Å². The lowest BCUT2D eigenvalue weighted by atomic mass is 10.0. The zero-order chi connectivity index (χ0) is 9.14. The van der Waals surface area contributed by atoms with Crippen LogP contribution >= 0.6 is 0 Å². The summed E-state index contributed by atoms with van der Waals surface area (Å²) in [7, 11) is 0. The second kappa shape index (κ2) is 3.74. The molecule has 0 aromatic carbocycles. The Balaban J connectivity index is 2.80. The zero-order valence-electron chi connectivity index (χ0n) is 8.13. The van der Waals surface area contributed by atoms with E-state index in [0.29, 0.717) is 6.04 Å². The van der Waals surface area contributed by atoms with Crippen LogP contribution in [-0.2, 0) is 4.79 Å². The van der Waals surface area contributed by atoms with Crippen molar-refractivity contribution in [3.8, 4) is 0 Å². The third-order valence-electron chi connectivity index (χ3n) is 2.25. The fourth-order valence-electron chi connectivity index (χ4n) is 1.72. The van der Waals surface area contributed by atoms with Gasteiger partial charge in [0.1, 0.15) is 0 Å². The van der Waals surface area contributed by atoms with Gasteiger partial charge in [-0.1, -0.05) is 6.08 Å². The molecule has 1 saturated heterocycles. The van der Waals surface area contributed by atoms with Crippen LogP contribution in [0.15, 0.2) is 11.8 Å². The minimum absolute atomic E-state index is 0.282. The maximum Gasteiger partial charge on any atom is 0.226 e. The van der Waals surface area contributed by atoms with Crippen LogP contribution in [0.5, 0.6) is 0 Å². The van der Waals surface area contributed by atoms with E-state index in [1.54, 1.807) is 0 Å². The number of carbonyl (C=O) groups is 1. The number of hydrogen-bond acceptors (Lipinski definition) is 1. The van der Waals surface area contributed by atoms with Gasteiger partial charge in [0.2, 0.25) is 5.91 Å². The molecular formula is C10H17NO. The normalized spacial score (nSPS) is 22.5. The summed E-state index contributed by atoms with van der Waals surface area (Å²) < 4.78 is 0. The zero-order valence-corrected chi connectivity index (χ0v) is 8.13. The summed E-state index contributed by atoms with van der Waals surface area (Å²) in [6, 6.07) is 0.309. The van der Waals surface area contributed by atoms with E-state index >= 15 is 0 Å². The van der Waals surface area contributed by atoms with Crippen molar-refractivity contribution >= 4 is 5.91 Å². The van der Waals surface area contributed by atoms with Gasteiger partial charge in [-0.25, -0.2) is 0 Å². The molecule has 0 aromatic heterocycles. The number of amides is 1. The van der Waals surface area contributed by atoms with E-state index in [-0.39, 0.29) is 5.91 Å². The van der Waals surface area contributed by atoms with E-state index in [2.05, 4.69) is 19.9 Å². The summed E-state index contributed by atoms with van der Waals surface area (Å²) in [6.07, 6.45) is 4.84. The SMILES string of the molecule is C/C=C1\CCCC(=O)N1C(C)C. The molecule has 1 aliphatic heterocycles. The average Bonchev–Trinajstić information content (AvgIpc) is 2.03. The first-order valence-corrected chi connectivity index (χ1v) is 4.64.